The number of nitrogens with zero attached hydrogens (tertiary/aromatic N) is 3. The number of carbonyl (C=O) groups is 1. The van der Waals surface area contributed by atoms with Crippen LogP contribution in [0.2, 0.25) is 0 Å². The minimum Gasteiger partial charge on any atom is -0.336 e. The first-order valence-electron chi connectivity index (χ1n) is 7.91. The number of fused-ring (bicyclic) bond motifs is 1. The second kappa shape index (κ2) is 8.56. The molecule has 1 aromatic rings. The van der Waals surface area contributed by atoms with Crippen molar-refractivity contribution in [1.29, 1.82) is 10.5 Å². The highest BCUT2D eigenvalue weighted by Crippen LogP contribution is 2.29. The number of aryl methyl sites for hydroxylation is 2. The second-order valence-corrected chi connectivity index (χ2v) is 6.72. The molecule has 0 aliphatic heterocycles. The number of rotatable bonds is 5. The third kappa shape index (κ3) is 4.32. The lowest BCUT2D eigenvalue weighted by molar-refractivity contribution is 0.0767. The van der Waals surface area contributed by atoms with Gasteiger partial charge in [-0.25, -0.2) is 0 Å². The van der Waals surface area contributed by atoms with E-state index in [4.69, 9.17) is 10.5 Å². The highest BCUT2D eigenvalue weighted by atomic mass is 32.1. The Hall–Kier alpha value is -1.85. The Morgan fingerprint density at radius 2 is 1.73 bits per heavy atom. The van der Waals surface area contributed by atoms with Gasteiger partial charge in [0.1, 0.15) is 0 Å². The molecule has 5 heteroatoms. The molecule has 2 rings (SSSR count). The largest absolute Gasteiger partial charge is 0.336 e. The third-order valence-electron chi connectivity index (χ3n) is 3.98. The van der Waals surface area contributed by atoms with E-state index in [0.29, 0.717) is 25.9 Å². The number of hydrogen-bond acceptors (Lipinski definition) is 4. The van der Waals surface area contributed by atoms with Crippen molar-refractivity contribution < 1.29 is 4.79 Å². The maximum Gasteiger partial charge on any atom is 0.264 e. The standard InChI is InChI=1S/C17H21N3OS/c18-9-5-11-20(12-6-10-19)17(21)16-13-14-7-3-1-2-4-8-15(14)22-16/h13H,1-8,11-12H2. The first kappa shape index (κ1) is 16.5. The summed E-state index contributed by atoms with van der Waals surface area (Å²) in [6, 6.07) is 6.19. The van der Waals surface area contributed by atoms with Crippen molar-refractivity contribution in [3.05, 3.63) is 21.4 Å². The first-order chi connectivity index (χ1) is 10.8. The smallest absolute Gasteiger partial charge is 0.264 e. The van der Waals surface area contributed by atoms with E-state index in [1.54, 1.807) is 16.2 Å². The zero-order chi connectivity index (χ0) is 15.8. The summed E-state index contributed by atoms with van der Waals surface area (Å²) in [5.74, 6) is -0.0257. The van der Waals surface area contributed by atoms with Crippen LogP contribution in [0.1, 0.15) is 58.6 Å². The lowest BCUT2D eigenvalue weighted by Gasteiger charge is -2.19. The summed E-state index contributed by atoms with van der Waals surface area (Å²) < 4.78 is 0. The average molecular weight is 315 g/mol. The molecule has 0 saturated heterocycles. The van der Waals surface area contributed by atoms with Crippen LogP contribution in [-0.4, -0.2) is 23.9 Å². The van der Waals surface area contributed by atoms with Gasteiger partial charge in [-0.2, -0.15) is 10.5 Å². The van der Waals surface area contributed by atoms with Crippen molar-refractivity contribution in [2.75, 3.05) is 13.1 Å². The normalized spacial score (nSPS) is 14.1. The van der Waals surface area contributed by atoms with Gasteiger partial charge in [0, 0.05) is 18.0 Å². The third-order valence-corrected chi connectivity index (χ3v) is 5.21. The summed E-state index contributed by atoms with van der Waals surface area (Å²) in [6.45, 7) is 0.805. The van der Waals surface area contributed by atoms with Crippen LogP contribution in [0.15, 0.2) is 6.07 Å². The van der Waals surface area contributed by atoms with Gasteiger partial charge in [-0.1, -0.05) is 12.8 Å². The van der Waals surface area contributed by atoms with Crippen molar-refractivity contribution in [2.45, 2.75) is 51.4 Å². The second-order valence-electron chi connectivity index (χ2n) is 5.58. The van der Waals surface area contributed by atoms with E-state index < -0.39 is 0 Å². The van der Waals surface area contributed by atoms with Crippen LogP contribution in [0.25, 0.3) is 0 Å². The molecule has 0 saturated carbocycles. The van der Waals surface area contributed by atoms with Gasteiger partial charge in [-0.15, -0.1) is 11.3 Å². The molecule has 1 aliphatic carbocycles. The molecule has 1 amide bonds. The molecule has 22 heavy (non-hydrogen) atoms. The molecule has 0 bridgehead atoms. The van der Waals surface area contributed by atoms with Gasteiger partial charge < -0.3 is 4.90 Å². The molecule has 1 aliphatic rings. The van der Waals surface area contributed by atoms with Crippen molar-refractivity contribution >= 4 is 17.2 Å². The van der Waals surface area contributed by atoms with Crippen molar-refractivity contribution in [1.82, 2.24) is 4.90 Å². The molecule has 0 N–H and O–H groups in total. The van der Waals surface area contributed by atoms with E-state index in [1.165, 1.54) is 36.1 Å². The fourth-order valence-corrected chi connectivity index (χ4v) is 4.01. The molecule has 1 aromatic heterocycles. The first-order valence-corrected chi connectivity index (χ1v) is 8.72. The monoisotopic (exact) mass is 315 g/mol. The van der Waals surface area contributed by atoms with E-state index in [1.807, 2.05) is 6.07 Å². The van der Waals surface area contributed by atoms with Crippen LogP contribution in [-0.2, 0) is 12.8 Å². The van der Waals surface area contributed by atoms with Crippen molar-refractivity contribution in [3.8, 4) is 12.1 Å². The summed E-state index contributed by atoms with van der Waals surface area (Å²) in [4.78, 5) is 16.4. The fourth-order valence-electron chi connectivity index (χ4n) is 2.79. The molecule has 0 radical (unpaired) electrons. The van der Waals surface area contributed by atoms with Crippen LogP contribution in [0.3, 0.4) is 0 Å². The Bertz CT molecular complexity index is 551. The molecule has 116 valence electrons. The molecule has 0 unspecified atom stereocenters. The Morgan fingerprint density at radius 1 is 1.09 bits per heavy atom. The predicted molar refractivity (Wildman–Crippen MR) is 86.6 cm³/mol. The van der Waals surface area contributed by atoms with E-state index >= 15 is 0 Å². The van der Waals surface area contributed by atoms with Crippen LogP contribution in [0.5, 0.6) is 0 Å². The van der Waals surface area contributed by atoms with Crippen molar-refractivity contribution in [2.24, 2.45) is 0 Å². The Kier molecular flexibility index (Phi) is 6.43. The highest BCUT2D eigenvalue weighted by molar-refractivity contribution is 7.14. The maximum absolute atomic E-state index is 12.7. The summed E-state index contributed by atoms with van der Waals surface area (Å²) in [7, 11) is 0. The molecule has 0 fully saturated rings. The maximum atomic E-state index is 12.7. The molecular formula is C17H21N3OS. The van der Waals surface area contributed by atoms with Gasteiger partial charge in [0.15, 0.2) is 0 Å². The van der Waals surface area contributed by atoms with Crippen molar-refractivity contribution in [3.63, 3.8) is 0 Å². The van der Waals surface area contributed by atoms with Crippen LogP contribution >= 0.6 is 11.3 Å². The molecule has 0 spiro atoms. The van der Waals surface area contributed by atoms with Crippen LogP contribution in [0.4, 0.5) is 0 Å². The zero-order valence-corrected chi connectivity index (χ0v) is 13.6. The number of hydrogen-bond donors (Lipinski definition) is 0. The summed E-state index contributed by atoms with van der Waals surface area (Å²) in [5.41, 5.74) is 1.33. The summed E-state index contributed by atoms with van der Waals surface area (Å²) >= 11 is 1.60. The van der Waals surface area contributed by atoms with Crippen LogP contribution in [0, 0.1) is 22.7 Å². The number of carbonyl (C=O) groups excluding carboxylic acids is 1. The Morgan fingerprint density at radius 3 is 2.36 bits per heavy atom. The predicted octanol–water partition coefficient (Wildman–Crippen LogP) is 3.68. The van der Waals surface area contributed by atoms with E-state index in [-0.39, 0.29) is 5.91 Å². The number of nitriles is 2. The fraction of sp³-hybridized carbons (Fsp3) is 0.588. The summed E-state index contributed by atoms with van der Waals surface area (Å²) in [6.07, 6.45) is 7.70. The number of thiophene rings is 1. The number of amides is 1. The van der Waals surface area contributed by atoms with Gasteiger partial charge in [0.05, 0.1) is 29.9 Å². The van der Waals surface area contributed by atoms with Gasteiger partial charge in [-0.3, -0.25) is 4.79 Å². The van der Waals surface area contributed by atoms with E-state index in [9.17, 15) is 4.79 Å². The van der Waals surface area contributed by atoms with Gasteiger partial charge in [0.25, 0.3) is 5.91 Å². The highest BCUT2D eigenvalue weighted by Gasteiger charge is 2.20. The molecular weight excluding hydrogens is 294 g/mol. The minimum atomic E-state index is -0.0257. The zero-order valence-electron chi connectivity index (χ0n) is 12.8. The molecule has 1 heterocycles. The topological polar surface area (TPSA) is 67.9 Å². The van der Waals surface area contributed by atoms with Crippen LogP contribution < -0.4 is 0 Å². The van der Waals surface area contributed by atoms with E-state index in [0.717, 1.165) is 17.7 Å². The SMILES string of the molecule is N#CCCN(CCC#N)C(=O)c1cc2c(s1)CCCCCC2. The molecule has 4 nitrogen and oxygen atoms in total. The van der Waals surface area contributed by atoms with Gasteiger partial charge >= 0.3 is 0 Å². The van der Waals surface area contributed by atoms with Gasteiger partial charge in [0.2, 0.25) is 0 Å². The lowest BCUT2D eigenvalue weighted by Crippen LogP contribution is -2.32. The van der Waals surface area contributed by atoms with Gasteiger partial charge in [-0.05, 0) is 37.3 Å². The molecule has 0 atom stereocenters. The molecule has 0 aromatic carbocycles. The minimum absolute atomic E-state index is 0.0257. The quantitative estimate of drug-likeness (QED) is 0.832. The van der Waals surface area contributed by atoms with E-state index in [2.05, 4.69) is 12.1 Å². The Balaban J connectivity index is 2.13. The summed E-state index contributed by atoms with van der Waals surface area (Å²) in [5, 5.41) is 17.5. The lowest BCUT2D eigenvalue weighted by atomic mass is 10.00. The Labute approximate surface area is 136 Å². The average Bonchev–Trinajstić information content (AvgIpc) is 2.89.